The molecule has 1 heterocycles. The molecule has 0 aliphatic heterocycles. The van der Waals surface area contributed by atoms with Crippen molar-refractivity contribution in [3.05, 3.63) is 40.3 Å². The van der Waals surface area contributed by atoms with Gasteiger partial charge in [-0.15, -0.1) is 11.3 Å². The number of thiazole rings is 1. The van der Waals surface area contributed by atoms with Crippen molar-refractivity contribution in [2.45, 2.75) is 19.8 Å². The Morgan fingerprint density at radius 1 is 1.36 bits per heavy atom. The molecule has 1 aromatic heterocycles. The molecule has 22 heavy (non-hydrogen) atoms. The number of rotatable bonds is 8. The largest absolute Gasteiger partial charge is 0.493 e. The second-order valence-electron chi connectivity index (χ2n) is 4.65. The molecule has 0 aliphatic carbocycles. The van der Waals surface area contributed by atoms with Gasteiger partial charge in [0.05, 0.1) is 19.2 Å². The van der Waals surface area contributed by atoms with Crippen molar-refractivity contribution in [1.29, 1.82) is 0 Å². The average molecular weight is 320 g/mol. The molecule has 0 radical (unpaired) electrons. The van der Waals surface area contributed by atoms with Gasteiger partial charge in [-0.25, -0.2) is 4.98 Å². The molecule has 0 atom stereocenters. The van der Waals surface area contributed by atoms with Gasteiger partial charge in [0.2, 0.25) is 0 Å². The topological polar surface area (TPSA) is 60.5 Å². The first-order valence-corrected chi connectivity index (χ1v) is 8.15. The summed E-state index contributed by atoms with van der Waals surface area (Å²) in [5.41, 5.74) is 3.29. The van der Waals surface area contributed by atoms with Crippen molar-refractivity contribution in [2.75, 3.05) is 20.3 Å². The lowest BCUT2D eigenvalue weighted by Crippen LogP contribution is -2.24. The van der Waals surface area contributed by atoms with E-state index in [9.17, 15) is 4.79 Å². The summed E-state index contributed by atoms with van der Waals surface area (Å²) >= 11 is 1.42. The van der Waals surface area contributed by atoms with Gasteiger partial charge in [0, 0.05) is 11.9 Å². The minimum atomic E-state index is -0.119. The van der Waals surface area contributed by atoms with Crippen LogP contribution < -0.4 is 14.8 Å². The highest BCUT2D eigenvalue weighted by atomic mass is 32.1. The van der Waals surface area contributed by atoms with E-state index in [1.807, 2.05) is 25.1 Å². The lowest BCUT2D eigenvalue weighted by atomic mass is 10.1. The maximum atomic E-state index is 11.7. The van der Waals surface area contributed by atoms with E-state index in [-0.39, 0.29) is 5.91 Å². The molecule has 5 nitrogen and oxygen atoms in total. The summed E-state index contributed by atoms with van der Waals surface area (Å²) < 4.78 is 10.8. The second-order valence-corrected chi connectivity index (χ2v) is 5.37. The van der Waals surface area contributed by atoms with Crippen LogP contribution in [0.1, 0.15) is 29.4 Å². The Labute approximate surface area is 134 Å². The number of amides is 1. The van der Waals surface area contributed by atoms with E-state index in [1.165, 1.54) is 11.3 Å². The lowest BCUT2D eigenvalue weighted by Gasteiger charge is -2.11. The van der Waals surface area contributed by atoms with Gasteiger partial charge >= 0.3 is 0 Å². The van der Waals surface area contributed by atoms with Crippen LogP contribution in [0.15, 0.2) is 29.1 Å². The highest BCUT2D eigenvalue weighted by molar-refractivity contribution is 7.07. The summed E-state index contributed by atoms with van der Waals surface area (Å²) in [7, 11) is 1.63. The smallest absolute Gasteiger partial charge is 0.270 e. The van der Waals surface area contributed by atoms with Crippen molar-refractivity contribution in [2.24, 2.45) is 0 Å². The number of benzene rings is 1. The number of nitrogens with one attached hydrogen (secondary N) is 1. The van der Waals surface area contributed by atoms with Gasteiger partial charge in [-0.3, -0.25) is 4.79 Å². The molecule has 1 N–H and O–H groups in total. The number of methoxy groups -OCH3 is 1. The van der Waals surface area contributed by atoms with Crippen LogP contribution in [-0.2, 0) is 6.42 Å². The van der Waals surface area contributed by atoms with Crippen LogP contribution in [0.3, 0.4) is 0 Å². The third kappa shape index (κ3) is 4.46. The monoisotopic (exact) mass is 320 g/mol. The summed E-state index contributed by atoms with van der Waals surface area (Å²) in [5, 5.41) is 4.61. The van der Waals surface area contributed by atoms with Crippen LogP contribution in [-0.4, -0.2) is 31.2 Å². The van der Waals surface area contributed by atoms with E-state index in [0.29, 0.717) is 18.8 Å². The highest BCUT2D eigenvalue weighted by Gasteiger charge is 2.07. The molecule has 0 unspecified atom stereocenters. The van der Waals surface area contributed by atoms with E-state index in [4.69, 9.17) is 9.47 Å². The van der Waals surface area contributed by atoms with Crippen LogP contribution in [0, 0.1) is 0 Å². The van der Waals surface area contributed by atoms with Gasteiger partial charge in [-0.1, -0.05) is 6.07 Å². The molecule has 1 amide bonds. The zero-order valence-electron chi connectivity index (χ0n) is 12.8. The number of aromatic nitrogens is 1. The Balaban J connectivity index is 1.81. The molecule has 0 fully saturated rings. The molecule has 2 rings (SSSR count). The second kappa shape index (κ2) is 8.38. The Hall–Kier alpha value is -2.08. The summed E-state index contributed by atoms with van der Waals surface area (Å²) in [6.07, 6.45) is 1.72. The number of ether oxygens (including phenoxy) is 2. The van der Waals surface area contributed by atoms with E-state index >= 15 is 0 Å². The summed E-state index contributed by atoms with van der Waals surface area (Å²) in [4.78, 5) is 15.7. The number of carbonyl (C=O) groups excluding carboxylic acids is 1. The number of hydrogen-bond acceptors (Lipinski definition) is 5. The number of aryl methyl sites for hydroxylation is 1. The van der Waals surface area contributed by atoms with Gasteiger partial charge in [0.25, 0.3) is 5.91 Å². The van der Waals surface area contributed by atoms with Gasteiger partial charge in [-0.2, -0.15) is 0 Å². The molecule has 1 aromatic carbocycles. The SMILES string of the molecule is CCOc1cc(CCCNC(=O)c2cscn2)ccc1OC. The molecule has 0 saturated heterocycles. The number of hydrogen-bond donors (Lipinski definition) is 1. The molecule has 0 bridgehead atoms. The van der Waals surface area contributed by atoms with Gasteiger partial charge in [0.1, 0.15) is 5.69 Å². The van der Waals surface area contributed by atoms with Gasteiger partial charge in [0.15, 0.2) is 11.5 Å². The van der Waals surface area contributed by atoms with Gasteiger partial charge < -0.3 is 14.8 Å². The quantitative estimate of drug-likeness (QED) is 0.760. The van der Waals surface area contributed by atoms with Crippen LogP contribution in [0.25, 0.3) is 0 Å². The third-order valence-corrected chi connectivity index (χ3v) is 3.71. The predicted molar refractivity (Wildman–Crippen MR) is 86.9 cm³/mol. The first-order chi connectivity index (χ1) is 10.7. The van der Waals surface area contributed by atoms with Crippen molar-refractivity contribution < 1.29 is 14.3 Å². The minimum Gasteiger partial charge on any atom is -0.493 e. The summed E-state index contributed by atoms with van der Waals surface area (Å²) in [6.45, 7) is 3.16. The molecule has 118 valence electrons. The minimum absolute atomic E-state index is 0.119. The molecule has 6 heteroatoms. The summed E-state index contributed by atoms with van der Waals surface area (Å²) in [5.74, 6) is 1.38. The Morgan fingerprint density at radius 2 is 2.23 bits per heavy atom. The fourth-order valence-electron chi connectivity index (χ4n) is 2.05. The number of nitrogens with zero attached hydrogens (tertiary/aromatic N) is 1. The van der Waals surface area contributed by atoms with E-state index in [0.717, 1.165) is 29.9 Å². The molecule has 0 spiro atoms. The summed E-state index contributed by atoms with van der Waals surface area (Å²) in [6, 6.07) is 5.92. The van der Waals surface area contributed by atoms with Gasteiger partial charge in [-0.05, 0) is 37.5 Å². The molecule has 2 aromatic rings. The standard InChI is InChI=1S/C16H20N2O3S/c1-3-21-15-9-12(6-7-14(15)20-2)5-4-8-17-16(19)13-10-22-11-18-13/h6-7,9-11H,3-5,8H2,1-2H3,(H,17,19). The Bertz CT molecular complexity index is 599. The Morgan fingerprint density at radius 3 is 2.91 bits per heavy atom. The zero-order chi connectivity index (χ0) is 15.8. The van der Waals surface area contributed by atoms with E-state index in [1.54, 1.807) is 18.0 Å². The maximum absolute atomic E-state index is 11.7. The van der Waals surface area contributed by atoms with E-state index in [2.05, 4.69) is 10.3 Å². The molecule has 0 aliphatic rings. The van der Waals surface area contributed by atoms with Crippen molar-refractivity contribution in [3.8, 4) is 11.5 Å². The van der Waals surface area contributed by atoms with Crippen LogP contribution in [0.2, 0.25) is 0 Å². The van der Waals surface area contributed by atoms with Crippen LogP contribution in [0.4, 0.5) is 0 Å². The first kappa shape index (κ1) is 16.3. The van der Waals surface area contributed by atoms with Crippen LogP contribution >= 0.6 is 11.3 Å². The third-order valence-electron chi connectivity index (χ3n) is 3.12. The fourth-order valence-corrected chi connectivity index (χ4v) is 2.59. The van der Waals surface area contributed by atoms with Crippen molar-refractivity contribution in [3.63, 3.8) is 0 Å². The zero-order valence-corrected chi connectivity index (χ0v) is 13.6. The average Bonchev–Trinajstić information content (AvgIpc) is 3.06. The van der Waals surface area contributed by atoms with Crippen LogP contribution in [0.5, 0.6) is 11.5 Å². The predicted octanol–water partition coefficient (Wildman–Crippen LogP) is 2.91. The van der Waals surface area contributed by atoms with E-state index < -0.39 is 0 Å². The Kier molecular flexibility index (Phi) is 6.21. The highest BCUT2D eigenvalue weighted by Crippen LogP contribution is 2.28. The first-order valence-electron chi connectivity index (χ1n) is 7.20. The fraction of sp³-hybridized carbons (Fsp3) is 0.375. The molecule has 0 saturated carbocycles. The van der Waals surface area contributed by atoms with Crippen molar-refractivity contribution >= 4 is 17.2 Å². The lowest BCUT2D eigenvalue weighted by molar-refractivity contribution is 0.0949. The maximum Gasteiger partial charge on any atom is 0.270 e. The number of carbonyl (C=O) groups is 1. The normalized spacial score (nSPS) is 10.3. The molecular weight excluding hydrogens is 300 g/mol. The molecular formula is C16H20N2O3S. The van der Waals surface area contributed by atoms with Crippen molar-refractivity contribution in [1.82, 2.24) is 10.3 Å².